The Kier molecular flexibility index (Phi) is 8.43. The van der Waals surface area contributed by atoms with Crippen LogP contribution in [0.3, 0.4) is 0 Å². The van der Waals surface area contributed by atoms with Gasteiger partial charge in [-0.05, 0) is 62.3 Å². The van der Waals surface area contributed by atoms with Gasteiger partial charge in [-0.15, -0.1) is 6.58 Å². The van der Waals surface area contributed by atoms with Gasteiger partial charge in [0.05, 0.1) is 0 Å². The number of hydrogen-bond donors (Lipinski definition) is 1. The van der Waals surface area contributed by atoms with E-state index < -0.39 is 0 Å². The smallest absolute Gasteiger partial charge is 0.115 e. The molecule has 1 aliphatic heterocycles. The third kappa shape index (κ3) is 6.34. The summed E-state index contributed by atoms with van der Waals surface area (Å²) in [5.74, 6) is 0.915. The Morgan fingerprint density at radius 1 is 1.12 bits per heavy atom. The number of phenols is 1. The van der Waals surface area contributed by atoms with Crippen LogP contribution in [-0.4, -0.2) is 29.1 Å². The fraction of sp³-hybridized carbons (Fsp3) is 0.417. The van der Waals surface area contributed by atoms with Gasteiger partial charge in [0, 0.05) is 19.1 Å². The predicted octanol–water partition coefficient (Wildman–Crippen LogP) is 5.79. The normalized spacial score (nSPS) is 20.5. The summed E-state index contributed by atoms with van der Waals surface area (Å²) in [5, 5.41) is 9.77. The van der Waals surface area contributed by atoms with E-state index in [9.17, 15) is 5.11 Å². The van der Waals surface area contributed by atoms with Crippen molar-refractivity contribution in [2.45, 2.75) is 51.5 Å². The summed E-state index contributed by atoms with van der Waals surface area (Å²) in [6, 6.07) is 19.2. The largest absolute Gasteiger partial charge is 0.508 e. The summed E-state index contributed by atoms with van der Waals surface area (Å²) in [6.45, 7) is 9.81. The maximum atomic E-state index is 9.77. The van der Waals surface area contributed by atoms with Crippen molar-refractivity contribution in [1.29, 1.82) is 0 Å². The maximum Gasteiger partial charge on any atom is 0.115 e. The number of likely N-dealkylation sites (tertiary alicyclic amines) is 1. The van der Waals surface area contributed by atoms with E-state index in [1.54, 1.807) is 12.1 Å². The highest BCUT2D eigenvalue weighted by Crippen LogP contribution is 2.30. The van der Waals surface area contributed by atoms with E-state index in [1.807, 2.05) is 19.1 Å². The van der Waals surface area contributed by atoms with Crippen LogP contribution in [0.25, 0.3) is 0 Å². The van der Waals surface area contributed by atoms with E-state index in [4.69, 9.17) is 0 Å². The molecule has 2 heteroatoms. The molecule has 2 atom stereocenters. The number of phenolic OH excluding ortho intramolecular Hbond substituents is 1. The quantitative estimate of drug-likeness (QED) is 0.705. The first-order valence-corrected chi connectivity index (χ1v) is 9.78. The zero-order valence-electron chi connectivity index (χ0n) is 16.3. The average molecular weight is 352 g/mol. The Labute approximate surface area is 159 Å². The zero-order chi connectivity index (χ0) is 18.8. The Hall–Kier alpha value is -2.06. The average Bonchev–Trinajstić information content (AvgIpc) is 2.83. The molecule has 0 spiro atoms. The first-order valence-electron chi connectivity index (χ1n) is 9.78. The second-order valence-corrected chi connectivity index (χ2v) is 7.21. The lowest BCUT2D eigenvalue weighted by atomic mass is 9.94. The summed E-state index contributed by atoms with van der Waals surface area (Å²) >= 11 is 0. The molecule has 0 aliphatic carbocycles. The number of nitrogens with zero attached hydrogens (tertiary/aromatic N) is 1. The van der Waals surface area contributed by atoms with Gasteiger partial charge in [0.1, 0.15) is 5.75 Å². The van der Waals surface area contributed by atoms with Crippen LogP contribution in [0, 0.1) is 0 Å². The molecule has 1 aliphatic rings. The highest BCUT2D eigenvalue weighted by molar-refractivity contribution is 5.30. The van der Waals surface area contributed by atoms with Gasteiger partial charge in [0.15, 0.2) is 0 Å². The van der Waals surface area contributed by atoms with Gasteiger partial charge in [0.2, 0.25) is 0 Å². The van der Waals surface area contributed by atoms with E-state index in [0.29, 0.717) is 17.7 Å². The minimum Gasteiger partial charge on any atom is -0.508 e. The Morgan fingerprint density at radius 3 is 2.54 bits per heavy atom. The van der Waals surface area contributed by atoms with Crippen molar-refractivity contribution in [2.24, 2.45) is 0 Å². The summed E-state index contributed by atoms with van der Waals surface area (Å²) < 4.78 is 0. The van der Waals surface area contributed by atoms with E-state index in [2.05, 4.69) is 54.8 Å². The van der Waals surface area contributed by atoms with Gasteiger partial charge < -0.3 is 5.11 Å². The molecule has 0 radical (unpaired) electrons. The molecule has 2 aromatic rings. The minimum absolute atomic E-state index is 0.385. The second-order valence-electron chi connectivity index (χ2n) is 7.21. The lowest BCUT2D eigenvalue weighted by molar-refractivity contribution is 0.208. The summed E-state index contributed by atoms with van der Waals surface area (Å²) in [4.78, 5) is 2.63. The van der Waals surface area contributed by atoms with Crippen molar-refractivity contribution < 1.29 is 5.11 Å². The van der Waals surface area contributed by atoms with Gasteiger partial charge in [0.25, 0.3) is 0 Å². The zero-order valence-corrected chi connectivity index (χ0v) is 16.3. The number of allylic oxidation sites excluding steroid dienone is 1. The van der Waals surface area contributed by atoms with Crippen molar-refractivity contribution in [2.75, 3.05) is 13.1 Å². The molecule has 2 unspecified atom stereocenters. The van der Waals surface area contributed by atoms with Crippen molar-refractivity contribution >= 4 is 0 Å². The van der Waals surface area contributed by atoms with Gasteiger partial charge in [-0.2, -0.15) is 0 Å². The van der Waals surface area contributed by atoms with Crippen LogP contribution in [-0.2, 0) is 6.42 Å². The van der Waals surface area contributed by atoms with Crippen molar-refractivity contribution in [3.63, 3.8) is 0 Å². The van der Waals surface area contributed by atoms with E-state index in [0.717, 1.165) is 19.5 Å². The van der Waals surface area contributed by atoms with Crippen LogP contribution in [0.15, 0.2) is 67.3 Å². The second kappa shape index (κ2) is 10.8. The van der Waals surface area contributed by atoms with Gasteiger partial charge in [-0.3, -0.25) is 4.90 Å². The highest BCUT2D eigenvalue weighted by Gasteiger charge is 2.24. The van der Waals surface area contributed by atoms with Gasteiger partial charge in [-0.1, -0.05) is 55.0 Å². The van der Waals surface area contributed by atoms with Crippen LogP contribution >= 0.6 is 0 Å². The first-order chi connectivity index (χ1) is 12.6. The number of aromatic hydroxyl groups is 1. The Balaban J connectivity index is 0.000000758. The Morgan fingerprint density at radius 2 is 1.85 bits per heavy atom. The molecular formula is C24H33NO. The molecule has 26 heavy (non-hydrogen) atoms. The summed E-state index contributed by atoms with van der Waals surface area (Å²) in [7, 11) is 0. The van der Waals surface area contributed by atoms with Gasteiger partial charge in [-0.25, -0.2) is 0 Å². The monoisotopic (exact) mass is 351 g/mol. The van der Waals surface area contributed by atoms with Crippen LogP contribution in [0.2, 0.25) is 0 Å². The maximum absolute atomic E-state index is 9.77. The minimum atomic E-state index is 0.385. The summed E-state index contributed by atoms with van der Waals surface area (Å²) in [6.07, 6.45) is 6.61. The van der Waals surface area contributed by atoms with Crippen LogP contribution in [0.5, 0.6) is 5.75 Å². The molecule has 1 N–H and O–H groups in total. The summed E-state index contributed by atoms with van der Waals surface area (Å²) in [5.41, 5.74) is 2.70. The molecule has 1 heterocycles. The lowest BCUT2D eigenvalue weighted by Crippen LogP contribution is -2.36. The standard InChI is InChI=1S/C21H27NO.C3H6/c1-17-7-5-11-20(19-10-6-12-21(23)15-19)16-22(17)14-13-18-8-3-2-4-9-18;1-3-2/h2-4,6,8-10,12,15,17,20,23H,5,7,11,13-14,16H2,1H3;3H,1H2,2H3. The molecule has 0 amide bonds. The molecule has 0 saturated carbocycles. The van der Waals surface area contributed by atoms with Gasteiger partial charge >= 0.3 is 0 Å². The molecule has 2 aromatic carbocycles. The van der Waals surface area contributed by atoms with Crippen molar-refractivity contribution in [3.8, 4) is 5.75 Å². The number of hydrogen-bond acceptors (Lipinski definition) is 2. The third-order valence-corrected chi connectivity index (χ3v) is 5.12. The highest BCUT2D eigenvalue weighted by atomic mass is 16.3. The topological polar surface area (TPSA) is 23.5 Å². The molecule has 0 bridgehead atoms. The Bertz CT molecular complexity index is 652. The molecule has 140 valence electrons. The van der Waals surface area contributed by atoms with E-state index >= 15 is 0 Å². The van der Waals surface area contributed by atoms with Crippen LogP contribution in [0.1, 0.15) is 50.2 Å². The fourth-order valence-electron chi connectivity index (χ4n) is 3.68. The lowest BCUT2D eigenvalue weighted by Gasteiger charge is -2.29. The van der Waals surface area contributed by atoms with E-state index in [-0.39, 0.29) is 0 Å². The molecule has 1 fully saturated rings. The van der Waals surface area contributed by atoms with Crippen molar-refractivity contribution in [3.05, 3.63) is 78.4 Å². The SMILES string of the molecule is C=CC.CC1CCCC(c2cccc(O)c2)CN1CCc1ccccc1. The first kappa shape index (κ1) is 20.3. The molecule has 1 saturated heterocycles. The predicted molar refractivity (Wildman–Crippen MR) is 112 cm³/mol. The third-order valence-electron chi connectivity index (χ3n) is 5.12. The number of rotatable bonds is 4. The molecule has 0 aromatic heterocycles. The van der Waals surface area contributed by atoms with E-state index in [1.165, 1.54) is 30.4 Å². The van der Waals surface area contributed by atoms with Crippen LogP contribution in [0.4, 0.5) is 0 Å². The fourth-order valence-corrected chi connectivity index (χ4v) is 3.68. The van der Waals surface area contributed by atoms with Crippen molar-refractivity contribution in [1.82, 2.24) is 4.90 Å². The molecule has 3 rings (SSSR count). The number of benzene rings is 2. The van der Waals surface area contributed by atoms with Crippen LogP contribution < -0.4 is 0 Å². The molecular weight excluding hydrogens is 318 g/mol. The molecule has 2 nitrogen and oxygen atoms in total.